The average Bonchev–Trinajstić information content (AvgIpc) is 3.04. The lowest BCUT2D eigenvalue weighted by Crippen LogP contribution is -2.52. The van der Waals surface area contributed by atoms with Crippen LogP contribution in [0.3, 0.4) is 0 Å². The molecule has 0 saturated carbocycles. The highest BCUT2D eigenvalue weighted by Gasteiger charge is 2.30. The molecule has 0 atom stereocenters. The van der Waals surface area contributed by atoms with Crippen molar-refractivity contribution in [2.75, 3.05) is 39.8 Å². The summed E-state index contributed by atoms with van der Waals surface area (Å²) in [6.07, 6.45) is 0.512. The average molecular weight is 507 g/mol. The van der Waals surface area contributed by atoms with Crippen LogP contribution in [0.2, 0.25) is 15.1 Å². The Morgan fingerprint density at radius 1 is 1.03 bits per heavy atom. The second-order valence-electron chi connectivity index (χ2n) is 8.15. The molecule has 2 aliphatic heterocycles. The molecular formula is C23H22Cl3N5O2. The number of benzene rings is 2. The number of carbonyl (C=O) groups excluding carboxylic acids is 1. The molecule has 5 rings (SSSR count). The lowest BCUT2D eigenvalue weighted by atomic mass is 10.0. The number of nitrogens with zero attached hydrogens (tertiary/aromatic N) is 4. The van der Waals surface area contributed by atoms with E-state index in [2.05, 4.69) is 17.4 Å². The fourth-order valence-corrected chi connectivity index (χ4v) is 4.81. The molecule has 33 heavy (non-hydrogen) atoms. The summed E-state index contributed by atoms with van der Waals surface area (Å²) in [5.74, 6) is 0.385. The van der Waals surface area contributed by atoms with E-state index < -0.39 is 0 Å². The molecule has 10 heteroatoms. The number of likely N-dealkylation sites (N-methyl/N-ethyl adjacent to an activating group) is 1. The van der Waals surface area contributed by atoms with Crippen LogP contribution in [0, 0.1) is 0 Å². The first-order valence-electron chi connectivity index (χ1n) is 10.7. The summed E-state index contributed by atoms with van der Waals surface area (Å²) in [6.45, 7) is 3.66. The first-order valence-corrected chi connectivity index (χ1v) is 11.8. The van der Waals surface area contributed by atoms with Gasteiger partial charge in [-0.2, -0.15) is 5.10 Å². The van der Waals surface area contributed by atoms with Crippen molar-refractivity contribution in [2.45, 2.75) is 6.42 Å². The van der Waals surface area contributed by atoms with Crippen molar-refractivity contribution in [1.82, 2.24) is 25.1 Å². The van der Waals surface area contributed by atoms with Gasteiger partial charge in [0.1, 0.15) is 5.75 Å². The topological polar surface area (TPSA) is 62.6 Å². The van der Waals surface area contributed by atoms with E-state index in [1.807, 2.05) is 11.1 Å². The standard InChI is InChI=1S/C23H22Cl3N5O2/c1-29-7-9-30(10-8-29)28-23(32)21-17-6-11-33-20-13-15(25)2-4-16(20)22(17)31(27-21)19-5-3-14(24)12-18(19)26/h2-5,12-13H,6-11H2,1H3,(H,28,32). The normalized spacial score (nSPS) is 16.5. The van der Waals surface area contributed by atoms with Gasteiger partial charge in [-0.3, -0.25) is 10.2 Å². The van der Waals surface area contributed by atoms with E-state index in [4.69, 9.17) is 44.6 Å². The Labute approximate surface area is 206 Å². The van der Waals surface area contributed by atoms with Crippen LogP contribution < -0.4 is 10.2 Å². The van der Waals surface area contributed by atoms with Crippen LogP contribution in [0.1, 0.15) is 16.1 Å². The molecule has 1 aromatic heterocycles. The quantitative estimate of drug-likeness (QED) is 0.573. The predicted molar refractivity (Wildman–Crippen MR) is 130 cm³/mol. The van der Waals surface area contributed by atoms with Crippen molar-refractivity contribution in [2.24, 2.45) is 0 Å². The Morgan fingerprint density at radius 2 is 1.76 bits per heavy atom. The van der Waals surface area contributed by atoms with E-state index >= 15 is 0 Å². The van der Waals surface area contributed by atoms with Crippen LogP contribution in [0.15, 0.2) is 36.4 Å². The third-order valence-corrected chi connectivity index (χ3v) is 6.68. The molecule has 0 bridgehead atoms. The highest BCUT2D eigenvalue weighted by Crippen LogP contribution is 2.40. The summed E-state index contributed by atoms with van der Waals surface area (Å²) >= 11 is 18.9. The molecule has 1 N–H and O–H groups in total. The van der Waals surface area contributed by atoms with Gasteiger partial charge in [0.25, 0.3) is 5.91 Å². The Kier molecular flexibility index (Phi) is 6.24. The lowest BCUT2D eigenvalue weighted by Gasteiger charge is -2.32. The number of ether oxygens (including phenoxy) is 1. The maximum Gasteiger partial charge on any atom is 0.286 e. The van der Waals surface area contributed by atoms with E-state index in [1.54, 1.807) is 35.0 Å². The molecule has 172 valence electrons. The molecule has 2 aromatic carbocycles. The van der Waals surface area contributed by atoms with Gasteiger partial charge in [0.15, 0.2) is 5.69 Å². The molecule has 1 amide bonds. The second-order valence-corrected chi connectivity index (χ2v) is 9.43. The van der Waals surface area contributed by atoms with Crippen molar-refractivity contribution in [1.29, 1.82) is 0 Å². The zero-order valence-electron chi connectivity index (χ0n) is 17.9. The molecule has 2 aliphatic rings. The number of hydrogen-bond acceptors (Lipinski definition) is 5. The Morgan fingerprint density at radius 3 is 2.52 bits per heavy atom. The van der Waals surface area contributed by atoms with Crippen molar-refractivity contribution >= 4 is 40.7 Å². The summed E-state index contributed by atoms with van der Waals surface area (Å²) in [7, 11) is 2.07. The van der Waals surface area contributed by atoms with Crippen LogP contribution in [-0.4, -0.2) is 65.4 Å². The number of halogens is 3. The van der Waals surface area contributed by atoms with Crippen molar-refractivity contribution in [3.05, 3.63) is 62.7 Å². The van der Waals surface area contributed by atoms with E-state index in [9.17, 15) is 4.79 Å². The Hall–Kier alpha value is -2.29. The van der Waals surface area contributed by atoms with Crippen LogP contribution in [0.25, 0.3) is 16.9 Å². The lowest BCUT2D eigenvalue weighted by molar-refractivity contribution is 0.0656. The maximum absolute atomic E-state index is 13.4. The molecule has 3 heterocycles. The van der Waals surface area contributed by atoms with Crippen molar-refractivity contribution in [3.63, 3.8) is 0 Å². The predicted octanol–water partition coefficient (Wildman–Crippen LogP) is 4.33. The van der Waals surface area contributed by atoms with Crippen LogP contribution in [-0.2, 0) is 6.42 Å². The molecule has 0 aliphatic carbocycles. The molecule has 0 radical (unpaired) electrons. The summed E-state index contributed by atoms with van der Waals surface area (Å²) in [5.41, 5.74) is 6.35. The number of carbonyl (C=O) groups is 1. The molecular weight excluding hydrogens is 485 g/mol. The van der Waals surface area contributed by atoms with Crippen molar-refractivity contribution in [3.8, 4) is 22.7 Å². The molecule has 1 fully saturated rings. The van der Waals surface area contributed by atoms with E-state index in [1.165, 1.54) is 0 Å². The van der Waals surface area contributed by atoms with E-state index in [-0.39, 0.29) is 5.91 Å². The smallest absolute Gasteiger partial charge is 0.286 e. The number of nitrogens with one attached hydrogen (secondary N) is 1. The van der Waals surface area contributed by atoms with Gasteiger partial charge in [-0.05, 0) is 43.4 Å². The first kappa shape index (κ1) is 22.5. The molecule has 7 nitrogen and oxygen atoms in total. The van der Waals surface area contributed by atoms with Crippen LogP contribution in [0.5, 0.6) is 5.75 Å². The Bertz CT molecular complexity index is 1220. The number of hydrogen-bond donors (Lipinski definition) is 1. The zero-order valence-corrected chi connectivity index (χ0v) is 20.2. The fraction of sp³-hybridized carbons (Fsp3) is 0.304. The molecule has 0 spiro atoms. The van der Waals surface area contributed by atoms with E-state index in [0.29, 0.717) is 45.2 Å². The third-order valence-electron chi connectivity index (χ3n) is 5.91. The minimum Gasteiger partial charge on any atom is -0.492 e. The first-order chi connectivity index (χ1) is 15.9. The number of hydrazine groups is 1. The maximum atomic E-state index is 13.4. The monoisotopic (exact) mass is 505 g/mol. The SMILES string of the molecule is CN1CCN(NC(=O)c2nn(-c3ccc(Cl)cc3Cl)c3c2CCOc2cc(Cl)ccc2-3)CC1. The number of piperazine rings is 1. The number of amides is 1. The Balaban J connectivity index is 1.63. The van der Waals surface area contributed by atoms with Gasteiger partial charge in [0.2, 0.25) is 0 Å². The second kappa shape index (κ2) is 9.16. The van der Waals surface area contributed by atoms with Gasteiger partial charge in [-0.25, -0.2) is 9.69 Å². The number of fused-ring (bicyclic) bond motifs is 3. The van der Waals surface area contributed by atoms with Gasteiger partial charge in [-0.1, -0.05) is 34.8 Å². The molecule has 0 unspecified atom stereocenters. The third kappa shape index (κ3) is 4.44. The van der Waals surface area contributed by atoms with Crippen molar-refractivity contribution < 1.29 is 9.53 Å². The van der Waals surface area contributed by atoms with Gasteiger partial charge < -0.3 is 9.64 Å². The fourth-order valence-electron chi connectivity index (χ4n) is 4.16. The highest BCUT2D eigenvalue weighted by molar-refractivity contribution is 6.35. The van der Waals surface area contributed by atoms with Gasteiger partial charge >= 0.3 is 0 Å². The van der Waals surface area contributed by atoms with Gasteiger partial charge in [0.05, 0.1) is 23.0 Å². The zero-order chi connectivity index (χ0) is 23.1. The molecule has 1 saturated heterocycles. The summed E-state index contributed by atoms with van der Waals surface area (Å²) < 4.78 is 7.68. The number of aromatic nitrogens is 2. The largest absolute Gasteiger partial charge is 0.492 e. The van der Waals surface area contributed by atoms with Crippen LogP contribution >= 0.6 is 34.8 Å². The van der Waals surface area contributed by atoms with E-state index in [0.717, 1.165) is 43.0 Å². The minimum absolute atomic E-state index is 0.253. The molecule has 3 aromatic rings. The summed E-state index contributed by atoms with van der Waals surface area (Å²) in [4.78, 5) is 15.6. The van der Waals surface area contributed by atoms with Gasteiger partial charge in [-0.15, -0.1) is 0 Å². The van der Waals surface area contributed by atoms with Crippen LogP contribution in [0.4, 0.5) is 0 Å². The summed E-state index contributed by atoms with van der Waals surface area (Å²) in [5, 5.41) is 8.20. The minimum atomic E-state index is -0.253. The highest BCUT2D eigenvalue weighted by atomic mass is 35.5. The van der Waals surface area contributed by atoms with Gasteiger partial charge in [0, 0.05) is 53.8 Å². The number of rotatable bonds is 3. The summed E-state index contributed by atoms with van der Waals surface area (Å²) in [6, 6.07) is 10.6.